The van der Waals surface area contributed by atoms with Crippen molar-refractivity contribution in [3.63, 3.8) is 0 Å². The number of anilines is 1. The fraction of sp³-hybridized carbons (Fsp3) is 0.0909. The van der Waals surface area contributed by atoms with Gasteiger partial charge in [0.1, 0.15) is 17.1 Å². The third kappa shape index (κ3) is 6.06. The number of amides is 1. The largest absolute Gasteiger partial charge is 0.496 e. The van der Waals surface area contributed by atoms with Gasteiger partial charge in [0, 0.05) is 5.69 Å². The molecule has 2 aromatic heterocycles. The van der Waals surface area contributed by atoms with E-state index in [-0.39, 0.29) is 23.9 Å². The number of nitrogens with zero attached hydrogens (tertiary/aromatic N) is 3. The van der Waals surface area contributed by atoms with Crippen molar-refractivity contribution in [1.82, 2.24) is 9.66 Å². The maximum absolute atomic E-state index is 13.7. The predicted molar refractivity (Wildman–Crippen MR) is 188 cm³/mol. The molecule has 11 heteroatoms. The first-order valence-corrected chi connectivity index (χ1v) is 15.6. The number of aryl methyl sites for hydroxylation is 1. The van der Waals surface area contributed by atoms with E-state index < -0.39 is 0 Å². The Hall–Kier alpha value is -4.24. The van der Waals surface area contributed by atoms with Crippen molar-refractivity contribution in [3.05, 3.63) is 114 Å². The minimum absolute atomic E-state index is 0.141. The number of carbonyl (C=O) groups excluding carboxylic acids is 1. The summed E-state index contributed by atoms with van der Waals surface area (Å²) in [5, 5.41) is 8.64. The number of benzene rings is 4. The van der Waals surface area contributed by atoms with E-state index in [9.17, 15) is 9.59 Å². The zero-order valence-electron chi connectivity index (χ0n) is 23.5. The molecule has 0 atom stereocenters. The maximum atomic E-state index is 13.7. The van der Waals surface area contributed by atoms with Crippen LogP contribution in [0.3, 0.4) is 0 Å². The Balaban J connectivity index is 1.31. The molecule has 220 valence electrons. The molecule has 6 rings (SSSR count). The van der Waals surface area contributed by atoms with Gasteiger partial charge in [-0.25, -0.2) is 4.98 Å². The molecule has 0 aliphatic heterocycles. The number of aromatic nitrogens is 2. The van der Waals surface area contributed by atoms with Crippen LogP contribution in [-0.2, 0) is 4.79 Å². The van der Waals surface area contributed by atoms with Crippen molar-refractivity contribution >= 4 is 84.9 Å². The molecule has 44 heavy (non-hydrogen) atoms. The van der Waals surface area contributed by atoms with E-state index in [4.69, 9.17) is 18.9 Å². The highest BCUT2D eigenvalue weighted by molar-refractivity contribution is 14.1. The van der Waals surface area contributed by atoms with Crippen molar-refractivity contribution in [2.45, 2.75) is 6.92 Å². The van der Waals surface area contributed by atoms with Gasteiger partial charge in [-0.1, -0.05) is 36.4 Å². The Morgan fingerprint density at radius 2 is 1.75 bits per heavy atom. The van der Waals surface area contributed by atoms with Gasteiger partial charge < -0.3 is 19.2 Å². The zero-order valence-corrected chi connectivity index (χ0v) is 27.8. The molecule has 1 amide bonds. The molecule has 0 saturated heterocycles. The van der Waals surface area contributed by atoms with Crippen LogP contribution in [0.2, 0.25) is 0 Å². The van der Waals surface area contributed by atoms with E-state index >= 15 is 0 Å². The lowest BCUT2D eigenvalue weighted by Crippen LogP contribution is -2.21. The first-order valence-electron chi connectivity index (χ1n) is 13.4. The van der Waals surface area contributed by atoms with Gasteiger partial charge in [-0.15, -0.1) is 0 Å². The molecule has 1 N–H and O–H groups in total. The third-order valence-corrected chi connectivity index (χ3v) is 8.43. The summed E-state index contributed by atoms with van der Waals surface area (Å²) in [6.07, 6.45) is 1.59. The number of hydrogen-bond donors (Lipinski definition) is 1. The number of para-hydroxylation sites is 2. The normalized spacial score (nSPS) is 11.4. The Labute approximate surface area is 279 Å². The second kappa shape index (κ2) is 12.8. The average Bonchev–Trinajstić information content (AvgIpc) is 3.46. The smallest absolute Gasteiger partial charge is 0.282 e. The Morgan fingerprint density at radius 3 is 2.52 bits per heavy atom. The van der Waals surface area contributed by atoms with Gasteiger partial charge >= 0.3 is 0 Å². The van der Waals surface area contributed by atoms with Gasteiger partial charge in [0.25, 0.3) is 11.5 Å². The van der Waals surface area contributed by atoms with Crippen molar-refractivity contribution in [2.75, 3.05) is 19.0 Å². The number of fused-ring (bicyclic) bond motifs is 2. The molecule has 0 saturated carbocycles. The third-order valence-electron chi connectivity index (χ3n) is 6.83. The molecule has 0 radical (unpaired) electrons. The van der Waals surface area contributed by atoms with Gasteiger partial charge in [-0.2, -0.15) is 9.78 Å². The summed E-state index contributed by atoms with van der Waals surface area (Å²) in [5.74, 6) is 1.61. The Bertz CT molecular complexity index is 2110. The van der Waals surface area contributed by atoms with Crippen LogP contribution >= 0.6 is 45.2 Å². The molecule has 4 aromatic carbocycles. The number of hydrogen-bond acceptors (Lipinski definition) is 7. The number of rotatable bonds is 8. The van der Waals surface area contributed by atoms with Crippen LogP contribution in [0.5, 0.6) is 11.5 Å². The lowest BCUT2D eigenvalue weighted by Gasteiger charge is -2.12. The second-order valence-corrected chi connectivity index (χ2v) is 12.1. The fourth-order valence-corrected chi connectivity index (χ4v) is 6.79. The molecule has 0 aliphatic carbocycles. The molecule has 2 heterocycles. The highest BCUT2D eigenvalue weighted by atomic mass is 127. The highest BCUT2D eigenvalue weighted by Crippen LogP contribution is 2.33. The fourth-order valence-electron chi connectivity index (χ4n) is 4.67. The van der Waals surface area contributed by atoms with Gasteiger partial charge in [0.15, 0.2) is 12.4 Å². The molecule has 0 aliphatic rings. The van der Waals surface area contributed by atoms with E-state index in [1.807, 2.05) is 67.6 Å². The SMILES string of the molecule is COc1cccc2oc(-c3nc4ccccc4c(=O)n3N=Cc3cc(I)c(OCC(=O)Nc4ccccc4C)c(I)c3)cc12. The topological polar surface area (TPSA) is 108 Å². The first-order chi connectivity index (χ1) is 21.3. The van der Waals surface area contributed by atoms with Crippen molar-refractivity contribution in [3.8, 4) is 23.1 Å². The minimum atomic E-state index is -0.335. The Kier molecular flexibility index (Phi) is 8.66. The number of carbonyl (C=O) groups is 1. The number of methoxy groups -OCH3 is 1. The van der Waals surface area contributed by atoms with Crippen LogP contribution in [-0.4, -0.2) is 35.5 Å². The lowest BCUT2D eigenvalue weighted by atomic mass is 10.2. The molecular weight excluding hydrogens is 786 g/mol. The molecule has 0 spiro atoms. The summed E-state index contributed by atoms with van der Waals surface area (Å²) in [7, 11) is 1.59. The van der Waals surface area contributed by atoms with Crippen LogP contribution < -0.4 is 20.3 Å². The number of nitrogens with one attached hydrogen (secondary N) is 1. The standard InChI is InChI=1S/C33H24I2N4O5/c1-19-8-3-5-10-25(19)37-30(40)18-43-31-23(34)14-20(15-24(31)35)17-36-39-32(38-26-11-6-4-9-21(26)33(39)41)29-16-22-27(42-2)12-7-13-28(22)44-29/h3-17H,18H2,1-2H3,(H,37,40). The Morgan fingerprint density at radius 1 is 1.00 bits per heavy atom. The van der Waals surface area contributed by atoms with Crippen molar-refractivity contribution < 1.29 is 18.7 Å². The van der Waals surface area contributed by atoms with E-state index in [2.05, 4.69) is 55.6 Å². The quantitative estimate of drug-likeness (QED) is 0.128. The van der Waals surface area contributed by atoms with Gasteiger partial charge in [-0.05, 0) is 112 Å². The van der Waals surface area contributed by atoms with E-state index in [1.165, 1.54) is 4.68 Å². The number of halogens is 2. The number of furan rings is 1. The van der Waals surface area contributed by atoms with Crippen molar-refractivity contribution in [1.29, 1.82) is 0 Å². The molecule has 0 unspecified atom stereocenters. The summed E-state index contributed by atoms with van der Waals surface area (Å²) in [5.41, 5.74) is 3.24. The summed E-state index contributed by atoms with van der Waals surface area (Å²) >= 11 is 4.32. The zero-order chi connectivity index (χ0) is 30.8. The summed E-state index contributed by atoms with van der Waals surface area (Å²) in [6, 6.07) is 25.7. The molecule has 0 bridgehead atoms. The highest BCUT2D eigenvalue weighted by Gasteiger charge is 2.18. The number of ether oxygens (including phenoxy) is 2. The molecular formula is C33H24I2N4O5. The van der Waals surface area contributed by atoms with E-state index in [1.54, 1.807) is 37.6 Å². The van der Waals surface area contributed by atoms with Crippen LogP contribution in [0.4, 0.5) is 5.69 Å². The molecule has 6 aromatic rings. The first kappa shape index (κ1) is 29.8. The van der Waals surface area contributed by atoms with Crippen LogP contribution in [0.15, 0.2) is 99.2 Å². The summed E-state index contributed by atoms with van der Waals surface area (Å²) in [4.78, 5) is 30.9. The van der Waals surface area contributed by atoms with Crippen LogP contribution in [0, 0.1) is 14.1 Å². The van der Waals surface area contributed by atoms with Gasteiger partial charge in [-0.3, -0.25) is 9.59 Å². The lowest BCUT2D eigenvalue weighted by molar-refractivity contribution is -0.118. The average molecular weight is 810 g/mol. The molecule has 0 fully saturated rings. The van der Waals surface area contributed by atoms with Crippen LogP contribution in [0.1, 0.15) is 11.1 Å². The van der Waals surface area contributed by atoms with Crippen LogP contribution in [0.25, 0.3) is 33.5 Å². The second-order valence-electron chi connectivity index (χ2n) is 9.76. The molecule has 9 nitrogen and oxygen atoms in total. The summed E-state index contributed by atoms with van der Waals surface area (Å²) < 4.78 is 20.3. The monoisotopic (exact) mass is 810 g/mol. The minimum Gasteiger partial charge on any atom is -0.496 e. The van der Waals surface area contributed by atoms with Crippen molar-refractivity contribution in [2.24, 2.45) is 5.10 Å². The van der Waals surface area contributed by atoms with Gasteiger partial charge in [0.2, 0.25) is 5.82 Å². The predicted octanol–water partition coefficient (Wildman–Crippen LogP) is 7.24. The van der Waals surface area contributed by atoms with Gasteiger partial charge in [0.05, 0.1) is 36.8 Å². The summed E-state index contributed by atoms with van der Waals surface area (Å²) in [6.45, 7) is 1.79. The van der Waals surface area contributed by atoms with E-state index in [0.717, 1.165) is 29.3 Å². The maximum Gasteiger partial charge on any atom is 0.282 e. The van der Waals surface area contributed by atoms with E-state index in [0.29, 0.717) is 33.7 Å².